The van der Waals surface area contributed by atoms with Gasteiger partial charge in [0, 0.05) is 12.6 Å². The molecule has 1 fully saturated rings. The number of hydrogen-bond acceptors (Lipinski definition) is 2. The third kappa shape index (κ3) is 3.49. The van der Waals surface area contributed by atoms with Crippen LogP contribution in [0.3, 0.4) is 0 Å². The Kier molecular flexibility index (Phi) is 3.61. The van der Waals surface area contributed by atoms with Gasteiger partial charge in [-0.1, -0.05) is 30.3 Å². The van der Waals surface area contributed by atoms with Crippen molar-refractivity contribution in [3.8, 4) is 6.07 Å². The van der Waals surface area contributed by atoms with Gasteiger partial charge in [-0.3, -0.25) is 0 Å². The van der Waals surface area contributed by atoms with Crippen LogP contribution in [0.25, 0.3) is 0 Å². The lowest BCUT2D eigenvalue weighted by atomic mass is 10.2. The summed E-state index contributed by atoms with van der Waals surface area (Å²) in [5.74, 6) is 0. The number of hydrogen-bond donors (Lipinski definition) is 1. The molecule has 2 amide bonds. The molecular formula is C13H15N3O. The summed E-state index contributed by atoms with van der Waals surface area (Å²) in [4.78, 5) is 13.4. The van der Waals surface area contributed by atoms with Crippen LogP contribution in [0.4, 0.5) is 4.79 Å². The standard InChI is InChI=1S/C13H15N3O/c14-8-9-16(13(17)15-12-6-7-12)10-11-4-2-1-3-5-11/h1-5,12H,6-7,9-10H2,(H,15,17). The summed E-state index contributed by atoms with van der Waals surface area (Å²) < 4.78 is 0. The highest BCUT2D eigenvalue weighted by atomic mass is 16.2. The average molecular weight is 229 g/mol. The van der Waals surface area contributed by atoms with Gasteiger partial charge in [-0.25, -0.2) is 4.79 Å². The smallest absolute Gasteiger partial charge is 0.318 e. The lowest BCUT2D eigenvalue weighted by Crippen LogP contribution is -2.40. The third-order valence-corrected chi connectivity index (χ3v) is 2.67. The van der Waals surface area contributed by atoms with Gasteiger partial charge in [0.05, 0.1) is 6.07 Å². The minimum atomic E-state index is -0.141. The van der Waals surface area contributed by atoms with Crippen LogP contribution in [0.15, 0.2) is 30.3 Å². The van der Waals surface area contributed by atoms with E-state index in [1.54, 1.807) is 0 Å². The largest absolute Gasteiger partial charge is 0.335 e. The predicted octanol–water partition coefficient (Wildman–Crippen LogP) is 1.88. The number of carbonyl (C=O) groups excluding carboxylic acids is 1. The van der Waals surface area contributed by atoms with Crippen molar-refractivity contribution in [2.45, 2.75) is 25.4 Å². The fourth-order valence-electron chi connectivity index (χ4n) is 1.58. The van der Waals surface area contributed by atoms with Crippen LogP contribution in [0.2, 0.25) is 0 Å². The highest BCUT2D eigenvalue weighted by molar-refractivity contribution is 5.75. The van der Waals surface area contributed by atoms with E-state index in [0.29, 0.717) is 12.6 Å². The molecule has 88 valence electrons. The van der Waals surface area contributed by atoms with E-state index < -0.39 is 0 Å². The summed E-state index contributed by atoms with van der Waals surface area (Å²) in [6.45, 7) is 0.598. The number of benzene rings is 1. The normalized spacial score (nSPS) is 13.8. The van der Waals surface area contributed by atoms with E-state index in [4.69, 9.17) is 5.26 Å². The summed E-state index contributed by atoms with van der Waals surface area (Å²) >= 11 is 0. The van der Waals surface area contributed by atoms with Gasteiger partial charge in [-0.15, -0.1) is 0 Å². The molecule has 0 radical (unpaired) electrons. The van der Waals surface area contributed by atoms with Gasteiger partial charge in [0.25, 0.3) is 0 Å². The molecule has 1 aromatic carbocycles. The fraction of sp³-hybridized carbons (Fsp3) is 0.385. The average Bonchev–Trinajstić information content (AvgIpc) is 3.14. The second kappa shape index (κ2) is 5.35. The molecule has 0 aliphatic heterocycles. The lowest BCUT2D eigenvalue weighted by molar-refractivity contribution is 0.201. The Labute approximate surface area is 101 Å². The summed E-state index contributed by atoms with van der Waals surface area (Å²) in [6.07, 6.45) is 2.11. The zero-order chi connectivity index (χ0) is 12.1. The molecule has 1 aromatic rings. The molecule has 17 heavy (non-hydrogen) atoms. The number of rotatable bonds is 4. The first-order valence-corrected chi connectivity index (χ1v) is 5.76. The minimum absolute atomic E-state index is 0.118. The number of nitriles is 1. The molecule has 2 rings (SSSR count). The topological polar surface area (TPSA) is 56.1 Å². The van der Waals surface area contributed by atoms with Gasteiger partial charge in [0.15, 0.2) is 0 Å². The van der Waals surface area contributed by atoms with Crippen LogP contribution >= 0.6 is 0 Å². The Hall–Kier alpha value is -2.02. The van der Waals surface area contributed by atoms with Crippen LogP contribution in [0, 0.1) is 11.3 Å². The van der Waals surface area contributed by atoms with E-state index in [-0.39, 0.29) is 12.6 Å². The summed E-state index contributed by atoms with van der Waals surface area (Å²) in [5, 5.41) is 11.6. The molecule has 4 nitrogen and oxygen atoms in total. The molecule has 4 heteroatoms. The van der Waals surface area contributed by atoms with E-state index in [1.165, 1.54) is 4.90 Å². The number of nitrogens with zero attached hydrogens (tertiary/aromatic N) is 2. The predicted molar refractivity (Wildman–Crippen MR) is 64.0 cm³/mol. The van der Waals surface area contributed by atoms with E-state index in [0.717, 1.165) is 18.4 Å². The third-order valence-electron chi connectivity index (χ3n) is 2.67. The highest BCUT2D eigenvalue weighted by Gasteiger charge is 2.25. The van der Waals surface area contributed by atoms with Crippen molar-refractivity contribution in [1.82, 2.24) is 10.2 Å². The van der Waals surface area contributed by atoms with E-state index in [1.807, 2.05) is 36.4 Å². The van der Waals surface area contributed by atoms with Crippen molar-refractivity contribution in [1.29, 1.82) is 5.26 Å². The summed E-state index contributed by atoms with van der Waals surface area (Å²) in [7, 11) is 0. The molecule has 0 aromatic heterocycles. The molecule has 1 N–H and O–H groups in total. The van der Waals surface area contributed by atoms with Crippen LogP contribution in [-0.4, -0.2) is 23.5 Å². The Morgan fingerprint density at radius 1 is 1.41 bits per heavy atom. The van der Waals surface area contributed by atoms with Gasteiger partial charge < -0.3 is 10.2 Å². The van der Waals surface area contributed by atoms with Gasteiger partial charge >= 0.3 is 6.03 Å². The van der Waals surface area contributed by atoms with E-state index >= 15 is 0 Å². The maximum absolute atomic E-state index is 11.9. The molecule has 1 aliphatic rings. The Bertz CT molecular complexity index is 420. The van der Waals surface area contributed by atoms with Gasteiger partial charge in [-0.2, -0.15) is 5.26 Å². The minimum Gasteiger partial charge on any atom is -0.335 e. The van der Waals surface area contributed by atoms with Crippen molar-refractivity contribution in [3.05, 3.63) is 35.9 Å². The molecule has 0 bridgehead atoms. The molecule has 1 aliphatic carbocycles. The van der Waals surface area contributed by atoms with Crippen molar-refractivity contribution in [2.75, 3.05) is 6.54 Å². The van der Waals surface area contributed by atoms with Gasteiger partial charge in [0.2, 0.25) is 0 Å². The Balaban J connectivity index is 1.96. The number of urea groups is 1. The quantitative estimate of drug-likeness (QED) is 0.801. The SMILES string of the molecule is N#CCN(Cc1ccccc1)C(=O)NC1CC1. The molecule has 0 spiro atoms. The van der Waals surface area contributed by atoms with Crippen molar-refractivity contribution < 1.29 is 4.79 Å². The molecule has 0 saturated heterocycles. The van der Waals surface area contributed by atoms with Gasteiger partial charge in [0.1, 0.15) is 6.54 Å². The van der Waals surface area contributed by atoms with Crippen LogP contribution in [0.5, 0.6) is 0 Å². The zero-order valence-corrected chi connectivity index (χ0v) is 9.60. The second-order valence-electron chi connectivity index (χ2n) is 4.22. The van der Waals surface area contributed by atoms with E-state index in [2.05, 4.69) is 5.32 Å². The number of carbonyl (C=O) groups is 1. The number of amides is 2. The first kappa shape index (κ1) is 11.5. The maximum atomic E-state index is 11.9. The molecule has 0 heterocycles. The fourth-order valence-corrected chi connectivity index (χ4v) is 1.58. The van der Waals surface area contributed by atoms with Gasteiger partial charge in [-0.05, 0) is 18.4 Å². The zero-order valence-electron chi connectivity index (χ0n) is 9.60. The van der Waals surface area contributed by atoms with Crippen LogP contribution < -0.4 is 5.32 Å². The first-order chi connectivity index (χ1) is 8.29. The van der Waals surface area contributed by atoms with Crippen LogP contribution in [-0.2, 0) is 6.54 Å². The number of nitrogens with one attached hydrogen (secondary N) is 1. The van der Waals surface area contributed by atoms with Crippen molar-refractivity contribution in [3.63, 3.8) is 0 Å². The Morgan fingerprint density at radius 2 is 2.12 bits per heavy atom. The lowest BCUT2D eigenvalue weighted by Gasteiger charge is -2.20. The van der Waals surface area contributed by atoms with Crippen LogP contribution in [0.1, 0.15) is 18.4 Å². The maximum Gasteiger partial charge on any atom is 0.318 e. The molecule has 0 unspecified atom stereocenters. The molecule has 0 atom stereocenters. The molecular weight excluding hydrogens is 214 g/mol. The van der Waals surface area contributed by atoms with E-state index in [9.17, 15) is 4.79 Å². The summed E-state index contributed by atoms with van der Waals surface area (Å²) in [5.41, 5.74) is 1.04. The second-order valence-corrected chi connectivity index (χ2v) is 4.22. The Morgan fingerprint density at radius 3 is 2.71 bits per heavy atom. The van der Waals surface area contributed by atoms with Crippen molar-refractivity contribution in [2.24, 2.45) is 0 Å². The highest BCUT2D eigenvalue weighted by Crippen LogP contribution is 2.19. The molecule has 1 saturated carbocycles. The monoisotopic (exact) mass is 229 g/mol. The first-order valence-electron chi connectivity index (χ1n) is 5.76. The van der Waals surface area contributed by atoms with Crippen molar-refractivity contribution >= 4 is 6.03 Å². The summed E-state index contributed by atoms with van der Waals surface area (Å²) in [6, 6.07) is 11.9.